The number of nitro benzene ring substituents is 1. The Morgan fingerprint density at radius 2 is 2.29 bits per heavy atom. The fourth-order valence-corrected chi connectivity index (χ4v) is 1.33. The molecule has 0 bridgehead atoms. The van der Waals surface area contributed by atoms with Gasteiger partial charge in [-0.2, -0.15) is 0 Å². The second-order valence-corrected chi connectivity index (χ2v) is 3.54. The first-order chi connectivity index (χ1) is 8.06. The van der Waals surface area contributed by atoms with Crippen LogP contribution < -0.4 is 5.32 Å². The summed E-state index contributed by atoms with van der Waals surface area (Å²) in [6.07, 6.45) is 5.43. The molecule has 1 aromatic carbocycles. The summed E-state index contributed by atoms with van der Waals surface area (Å²) in [4.78, 5) is 21.5. The van der Waals surface area contributed by atoms with Crippen LogP contribution in [0, 0.1) is 22.5 Å². The summed E-state index contributed by atoms with van der Waals surface area (Å²) in [7, 11) is 0. The molecule has 0 saturated heterocycles. The molecule has 1 aromatic rings. The lowest BCUT2D eigenvalue weighted by molar-refractivity contribution is -0.384. The van der Waals surface area contributed by atoms with Crippen LogP contribution in [0.5, 0.6) is 0 Å². The first-order valence-corrected chi connectivity index (χ1v) is 5.09. The molecule has 0 atom stereocenters. The van der Waals surface area contributed by atoms with Crippen LogP contribution in [0.1, 0.15) is 16.8 Å². The summed E-state index contributed by atoms with van der Waals surface area (Å²) in [5, 5.41) is 13.2. The molecule has 17 heavy (non-hydrogen) atoms. The average molecular weight is 253 g/mol. The van der Waals surface area contributed by atoms with E-state index in [-0.39, 0.29) is 16.3 Å². The molecule has 0 aliphatic rings. The lowest BCUT2D eigenvalue weighted by Gasteiger charge is -2.03. The first kappa shape index (κ1) is 13.0. The van der Waals surface area contributed by atoms with Crippen molar-refractivity contribution in [2.75, 3.05) is 6.54 Å². The van der Waals surface area contributed by atoms with Gasteiger partial charge in [-0.15, -0.1) is 12.3 Å². The van der Waals surface area contributed by atoms with Crippen LogP contribution in [-0.2, 0) is 0 Å². The van der Waals surface area contributed by atoms with Gasteiger partial charge in [0, 0.05) is 24.6 Å². The van der Waals surface area contributed by atoms with Gasteiger partial charge in [0.1, 0.15) is 5.02 Å². The van der Waals surface area contributed by atoms with E-state index in [1.165, 1.54) is 12.1 Å². The van der Waals surface area contributed by atoms with Gasteiger partial charge in [0.2, 0.25) is 0 Å². The van der Waals surface area contributed by atoms with E-state index in [0.717, 1.165) is 6.07 Å². The zero-order valence-electron chi connectivity index (χ0n) is 8.77. The number of benzene rings is 1. The van der Waals surface area contributed by atoms with Gasteiger partial charge >= 0.3 is 0 Å². The Bertz CT molecular complexity index is 494. The highest BCUT2D eigenvalue weighted by Crippen LogP contribution is 2.24. The molecule has 0 radical (unpaired) electrons. The maximum atomic E-state index is 11.6. The third-order valence-electron chi connectivity index (χ3n) is 1.96. The third kappa shape index (κ3) is 3.47. The maximum Gasteiger partial charge on any atom is 0.288 e. The quantitative estimate of drug-likeness (QED) is 0.386. The first-order valence-electron chi connectivity index (χ1n) is 4.72. The van der Waals surface area contributed by atoms with Gasteiger partial charge < -0.3 is 5.32 Å². The summed E-state index contributed by atoms with van der Waals surface area (Å²) < 4.78 is 0. The summed E-state index contributed by atoms with van der Waals surface area (Å²) in [5.41, 5.74) is -0.116. The van der Waals surface area contributed by atoms with E-state index in [9.17, 15) is 14.9 Å². The van der Waals surface area contributed by atoms with E-state index in [4.69, 9.17) is 18.0 Å². The normalized spacial score (nSPS) is 9.41. The smallest absolute Gasteiger partial charge is 0.288 e. The van der Waals surface area contributed by atoms with Crippen molar-refractivity contribution in [1.29, 1.82) is 0 Å². The van der Waals surface area contributed by atoms with Crippen LogP contribution in [0.25, 0.3) is 0 Å². The lowest BCUT2D eigenvalue weighted by Crippen LogP contribution is -2.24. The van der Waals surface area contributed by atoms with Crippen LogP contribution in [0.2, 0.25) is 5.02 Å². The number of rotatable bonds is 4. The number of halogens is 1. The number of nitrogens with zero attached hydrogens (tertiary/aromatic N) is 1. The van der Waals surface area contributed by atoms with Crippen LogP contribution in [-0.4, -0.2) is 17.4 Å². The minimum Gasteiger partial charge on any atom is -0.351 e. The van der Waals surface area contributed by atoms with Gasteiger partial charge in [-0.25, -0.2) is 0 Å². The molecule has 0 aromatic heterocycles. The lowest BCUT2D eigenvalue weighted by atomic mass is 10.2. The Hall–Kier alpha value is -2.06. The van der Waals surface area contributed by atoms with E-state index in [1.807, 2.05) is 0 Å². The van der Waals surface area contributed by atoms with Crippen molar-refractivity contribution in [3.8, 4) is 12.3 Å². The van der Waals surface area contributed by atoms with Crippen molar-refractivity contribution in [2.24, 2.45) is 0 Å². The third-order valence-corrected chi connectivity index (χ3v) is 2.28. The number of amides is 1. The number of terminal acetylenes is 1. The van der Waals surface area contributed by atoms with Gasteiger partial charge in [-0.1, -0.05) is 11.6 Å². The van der Waals surface area contributed by atoms with Crippen LogP contribution in [0.3, 0.4) is 0 Å². The predicted octanol–water partition coefficient (Wildman–Crippen LogP) is 2.00. The second kappa shape index (κ2) is 5.87. The number of carbonyl (C=O) groups is 1. The Balaban J connectivity index is 2.85. The molecule has 0 unspecified atom stereocenters. The molecule has 1 N–H and O–H groups in total. The molecule has 0 aliphatic carbocycles. The molecular weight excluding hydrogens is 244 g/mol. The van der Waals surface area contributed by atoms with Crippen LogP contribution >= 0.6 is 11.6 Å². The average Bonchev–Trinajstić information content (AvgIpc) is 2.29. The fraction of sp³-hybridized carbons (Fsp3) is 0.182. The van der Waals surface area contributed by atoms with E-state index in [2.05, 4.69) is 11.2 Å². The molecule has 6 heteroatoms. The maximum absolute atomic E-state index is 11.6. The molecule has 1 rings (SSSR count). The standard InChI is InChI=1S/C11H9ClN2O3/c1-2-3-6-13-11(15)8-4-5-9(12)10(7-8)14(16)17/h1,4-5,7H,3,6H2,(H,13,15). The summed E-state index contributed by atoms with van der Waals surface area (Å²) in [6, 6.07) is 3.86. The van der Waals surface area contributed by atoms with Crippen molar-refractivity contribution in [2.45, 2.75) is 6.42 Å². The van der Waals surface area contributed by atoms with Gasteiger partial charge in [0.15, 0.2) is 0 Å². The summed E-state index contributed by atoms with van der Waals surface area (Å²) in [6.45, 7) is 0.325. The Labute approximate surface area is 103 Å². The number of nitro groups is 1. The minimum absolute atomic E-state index is 0.00447. The monoisotopic (exact) mass is 252 g/mol. The molecule has 0 spiro atoms. The molecule has 88 valence electrons. The topological polar surface area (TPSA) is 72.2 Å². The number of hydrogen-bond acceptors (Lipinski definition) is 3. The largest absolute Gasteiger partial charge is 0.351 e. The van der Waals surface area contributed by atoms with Crippen molar-refractivity contribution < 1.29 is 9.72 Å². The molecule has 5 nitrogen and oxygen atoms in total. The van der Waals surface area contributed by atoms with Crippen LogP contribution in [0.15, 0.2) is 18.2 Å². The molecule has 0 heterocycles. The fourth-order valence-electron chi connectivity index (χ4n) is 1.14. The Kier molecular flexibility index (Phi) is 4.49. The van der Waals surface area contributed by atoms with Gasteiger partial charge in [-0.05, 0) is 12.1 Å². The zero-order chi connectivity index (χ0) is 12.8. The highest BCUT2D eigenvalue weighted by molar-refractivity contribution is 6.32. The molecule has 0 saturated carbocycles. The van der Waals surface area contributed by atoms with E-state index in [1.54, 1.807) is 0 Å². The van der Waals surface area contributed by atoms with Gasteiger partial charge in [0.05, 0.1) is 4.92 Å². The molecule has 0 aliphatic heterocycles. The predicted molar refractivity (Wildman–Crippen MR) is 63.9 cm³/mol. The Morgan fingerprint density at radius 3 is 2.88 bits per heavy atom. The van der Waals surface area contributed by atoms with Crippen molar-refractivity contribution >= 4 is 23.2 Å². The summed E-state index contributed by atoms with van der Waals surface area (Å²) in [5.74, 6) is 1.95. The number of nitrogens with one attached hydrogen (secondary N) is 1. The summed E-state index contributed by atoms with van der Waals surface area (Å²) >= 11 is 5.62. The second-order valence-electron chi connectivity index (χ2n) is 3.13. The highest BCUT2D eigenvalue weighted by Gasteiger charge is 2.15. The van der Waals surface area contributed by atoms with Gasteiger partial charge in [-0.3, -0.25) is 14.9 Å². The van der Waals surface area contributed by atoms with Crippen LogP contribution in [0.4, 0.5) is 5.69 Å². The molecule has 0 fully saturated rings. The minimum atomic E-state index is -0.638. The van der Waals surface area contributed by atoms with E-state index < -0.39 is 10.8 Å². The van der Waals surface area contributed by atoms with E-state index >= 15 is 0 Å². The van der Waals surface area contributed by atoms with Crippen molar-refractivity contribution in [3.05, 3.63) is 38.9 Å². The number of hydrogen-bond donors (Lipinski definition) is 1. The van der Waals surface area contributed by atoms with E-state index in [0.29, 0.717) is 13.0 Å². The zero-order valence-corrected chi connectivity index (χ0v) is 9.53. The highest BCUT2D eigenvalue weighted by atomic mass is 35.5. The number of carbonyl (C=O) groups excluding carboxylic acids is 1. The van der Waals surface area contributed by atoms with Gasteiger partial charge in [0.25, 0.3) is 11.6 Å². The Morgan fingerprint density at radius 1 is 1.59 bits per heavy atom. The van der Waals surface area contributed by atoms with Crippen molar-refractivity contribution in [1.82, 2.24) is 5.32 Å². The molecule has 1 amide bonds. The SMILES string of the molecule is C#CCCNC(=O)c1ccc(Cl)c([N+](=O)[O-])c1. The van der Waals surface area contributed by atoms with Crippen molar-refractivity contribution in [3.63, 3.8) is 0 Å². The molecular formula is C11H9ClN2O3.